The molecule has 0 unspecified atom stereocenters. The van der Waals surface area contributed by atoms with Crippen molar-refractivity contribution in [1.29, 1.82) is 0 Å². The third-order valence-corrected chi connectivity index (χ3v) is 11.1. The van der Waals surface area contributed by atoms with Crippen LogP contribution < -0.4 is 4.90 Å². The van der Waals surface area contributed by atoms with E-state index in [1.807, 2.05) is 0 Å². The lowest BCUT2D eigenvalue weighted by atomic mass is 9.93. The van der Waals surface area contributed by atoms with Gasteiger partial charge in [0.15, 0.2) is 0 Å². The van der Waals surface area contributed by atoms with E-state index in [0.29, 0.717) is 0 Å². The highest BCUT2D eigenvalue weighted by Crippen LogP contribution is 2.50. The highest BCUT2D eigenvalue weighted by molar-refractivity contribution is 6.30. The van der Waals surface area contributed by atoms with Gasteiger partial charge in [-0.3, -0.25) is 0 Å². The van der Waals surface area contributed by atoms with Crippen molar-refractivity contribution in [3.63, 3.8) is 0 Å². The number of benzene rings is 9. The van der Waals surface area contributed by atoms with Crippen molar-refractivity contribution in [2.75, 3.05) is 4.90 Å². The van der Waals surface area contributed by atoms with Crippen LogP contribution in [0.5, 0.6) is 0 Å². The summed E-state index contributed by atoms with van der Waals surface area (Å²) in [7, 11) is 0. The van der Waals surface area contributed by atoms with E-state index in [9.17, 15) is 0 Å². The van der Waals surface area contributed by atoms with Gasteiger partial charge in [0.2, 0.25) is 0 Å². The van der Waals surface area contributed by atoms with Gasteiger partial charge in [-0.1, -0.05) is 152 Å². The molecule has 10 aromatic rings. The number of anilines is 3. The van der Waals surface area contributed by atoms with Crippen LogP contribution in [0.25, 0.3) is 82.8 Å². The van der Waals surface area contributed by atoms with Gasteiger partial charge in [0.1, 0.15) is 0 Å². The molecule has 1 heterocycles. The Balaban J connectivity index is 1.09. The average molecular weight is 687 g/mol. The molecule has 9 aromatic carbocycles. The van der Waals surface area contributed by atoms with E-state index < -0.39 is 0 Å². The topological polar surface area (TPSA) is 8.17 Å². The Morgan fingerprint density at radius 3 is 1.54 bits per heavy atom. The van der Waals surface area contributed by atoms with Crippen LogP contribution in [-0.2, 0) is 0 Å². The molecule has 1 aromatic heterocycles. The average Bonchev–Trinajstić information content (AvgIpc) is 3.53. The SMILES string of the molecule is c1ccc(-c2ccccc2-c2ccc(N(c3ccccc3)c3cccc(-n4c5cccc6c5c5c7c(cccc7ccc54)-c4ccccc4-6)c3)cc2)cc1. The number of fused-ring (bicyclic) bond motifs is 3. The Morgan fingerprint density at radius 1 is 0.296 bits per heavy atom. The highest BCUT2D eigenvalue weighted by atomic mass is 15.1. The molecule has 54 heavy (non-hydrogen) atoms. The minimum Gasteiger partial charge on any atom is -0.310 e. The monoisotopic (exact) mass is 686 g/mol. The number of aromatic nitrogens is 1. The standard InChI is InChI=1S/C52H34N2/c1-3-14-35(15-4-1)42-21-7-8-22-43(42)36-28-31-39(32-29-36)53(38-17-5-2-6-18-38)40-19-12-20-41(34-40)54-48-27-13-26-47-45-24-10-9-23-44(45)46-25-11-16-37-30-33-49(54)52(50(37)46)51(47)48/h1-34H. The fourth-order valence-electron chi connectivity index (χ4n) is 8.80. The third kappa shape index (κ3) is 4.67. The quantitative estimate of drug-likeness (QED) is 0.169. The predicted molar refractivity (Wildman–Crippen MR) is 228 cm³/mol. The van der Waals surface area contributed by atoms with Crippen LogP contribution in [0.2, 0.25) is 0 Å². The first kappa shape index (κ1) is 30.5. The number of para-hydroxylation sites is 1. The second kappa shape index (κ2) is 12.2. The Morgan fingerprint density at radius 2 is 0.815 bits per heavy atom. The van der Waals surface area contributed by atoms with Crippen molar-refractivity contribution in [2.45, 2.75) is 0 Å². The summed E-state index contributed by atoms with van der Waals surface area (Å²) in [6.07, 6.45) is 0. The second-order valence-corrected chi connectivity index (χ2v) is 14.1. The molecule has 0 spiro atoms. The number of hydrogen-bond acceptors (Lipinski definition) is 1. The Labute approximate surface area is 314 Å². The van der Waals surface area contributed by atoms with E-state index in [1.54, 1.807) is 0 Å². The zero-order valence-electron chi connectivity index (χ0n) is 29.5. The summed E-state index contributed by atoms with van der Waals surface area (Å²) in [6.45, 7) is 0. The summed E-state index contributed by atoms with van der Waals surface area (Å²) < 4.78 is 2.47. The predicted octanol–water partition coefficient (Wildman–Crippen LogP) is 14.4. The van der Waals surface area contributed by atoms with Crippen molar-refractivity contribution >= 4 is 49.6 Å². The molecule has 0 amide bonds. The van der Waals surface area contributed by atoms with Crippen LogP contribution in [0, 0.1) is 0 Å². The Kier molecular flexibility index (Phi) is 6.90. The molecule has 0 saturated heterocycles. The second-order valence-electron chi connectivity index (χ2n) is 14.1. The van der Waals surface area contributed by atoms with E-state index in [-0.39, 0.29) is 0 Å². The fourth-order valence-corrected chi connectivity index (χ4v) is 8.80. The van der Waals surface area contributed by atoms with Crippen molar-refractivity contribution in [3.8, 4) is 50.2 Å². The first-order valence-electron chi connectivity index (χ1n) is 18.6. The molecule has 0 aliphatic heterocycles. The van der Waals surface area contributed by atoms with Crippen LogP contribution in [0.3, 0.4) is 0 Å². The normalized spacial score (nSPS) is 11.7. The molecule has 0 fully saturated rings. The summed E-state index contributed by atoms with van der Waals surface area (Å²) >= 11 is 0. The summed E-state index contributed by atoms with van der Waals surface area (Å²) in [6, 6.07) is 75.1. The maximum atomic E-state index is 2.47. The first-order valence-corrected chi connectivity index (χ1v) is 18.6. The van der Waals surface area contributed by atoms with Gasteiger partial charge in [0.25, 0.3) is 0 Å². The zero-order valence-corrected chi connectivity index (χ0v) is 29.5. The lowest BCUT2D eigenvalue weighted by Gasteiger charge is -2.26. The summed E-state index contributed by atoms with van der Waals surface area (Å²) in [5.74, 6) is 0. The fraction of sp³-hybridized carbons (Fsp3) is 0. The third-order valence-electron chi connectivity index (χ3n) is 11.1. The van der Waals surface area contributed by atoms with E-state index >= 15 is 0 Å². The van der Waals surface area contributed by atoms with Crippen LogP contribution >= 0.6 is 0 Å². The van der Waals surface area contributed by atoms with Gasteiger partial charge in [-0.25, -0.2) is 0 Å². The molecule has 0 atom stereocenters. The lowest BCUT2D eigenvalue weighted by Crippen LogP contribution is -2.10. The smallest absolute Gasteiger partial charge is 0.0548 e. The molecule has 252 valence electrons. The Hall–Kier alpha value is -7.16. The summed E-state index contributed by atoms with van der Waals surface area (Å²) in [5, 5.41) is 5.23. The number of nitrogens with zero attached hydrogens (tertiary/aromatic N) is 2. The molecule has 11 rings (SSSR count). The molecule has 1 aliphatic carbocycles. The van der Waals surface area contributed by atoms with Gasteiger partial charge in [0.05, 0.1) is 11.0 Å². The maximum Gasteiger partial charge on any atom is 0.0548 e. The minimum atomic E-state index is 1.10. The van der Waals surface area contributed by atoms with E-state index in [2.05, 4.69) is 216 Å². The Bertz CT molecular complexity index is 3030. The van der Waals surface area contributed by atoms with Gasteiger partial charge < -0.3 is 9.47 Å². The molecule has 2 heteroatoms. The van der Waals surface area contributed by atoms with Crippen molar-refractivity contribution < 1.29 is 0 Å². The molecular formula is C52H34N2. The van der Waals surface area contributed by atoms with E-state index in [1.165, 1.54) is 77.1 Å². The molecule has 0 saturated carbocycles. The number of hydrogen-bond donors (Lipinski definition) is 0. The molecule has 2 nitrogen and oxygen atoms in total. The highest BCUT2D eigenvalue weighted by Gasteiger charge is 2.25. The molecular weight excluding hydrogens is 653 g/mol. The lowest BCUT2D eigenvalue weighted by molar-refractivity contribution is 1.17. The molecule has 1 aliphatic rings. The van der Waals surface area contributed by atoms with Crippen molar-refractivity contribution in [1.82, 2.24) is 4.57 Å². The van der Waals surface area contributed by atoms with E-state index in [0.717, 1.165) is 22.7 Å². The largest absolute Gasteiger partial charge is 0.310 e. The van der Waals surface area contributed by atoms with Gasteiger partial charge in [-0.05, 0) is 110 Å². The maximum absolute atomic E-state index is 2.47. The van der Waals surface area contributed by atoms with Gasteiger partial charge >= 0.3 is 0 Å². The van der Waals surface area contributed by atoms with E-state index in [4.69, 9.17) is 0 Å². The van der Waals surface area contributed by atoms with Crippen molar-refractivity contribution in [2.24, 2.45) is 0 Å². The van der Waals surface area contributed by atoms with Crippen LogP contribution in [0.1, 0.15) is 0 Å². The van der Waals surface area contributed by atoms with Gasteiger partial charge in [-0.15, -0.1) is 0 Å². The van der Waals surface area contributed by atoms with Gasteiger partial charge in [0, 0.05) is 33.5 Å². The minimum absolute atomic E-state index is 1.10. The molecule has 0 bridgehead atoms. The molecule has 0 radical (unpaired) electrons. The number of rotatable bonds is 6. The zero-order chi connectivity index (χ0) is 35.6. The summed E-state index contributed by atoms with van der Waals surface area (Å²) in [4.78, 5) is 2.36. The van der Waals surface area contributed by atoms with Crippen LogP contribution in [0.4, 0.5) is 17.1 Å². The summed E-state index contributed by atoms with van der Waals surface area (Å²) in [5.41, 5.74) is 16.9. The van der Waals surface area contributed by atoms with Crippen molar-refractivity contribution in [3.05, 3.63) is 206 Å². The molecule has 0 N–H and O–H groups in total. The van der Waals surface area contributed by atoms with Crippen LogP contribution in [-0.4, -0.2) is 4.57 Å². The van der Waals surface area contributed by atoms with Gasteiger partial charge in [-0.2, -0.15) is 0 Å². The van der Waals surface area contributed by atoms with Crippen LogP contribution in [0.15, 0.2) is 206 Å². The first-order chi connectivity index (χ1) is 26.8.